The Hall–Kier alpha value is 1.13. The van der Waals surface area contributed by atoms with Crippen LogP contribution < -0.4 is 0 Å². The molecule has 1 aliphatic heterocycles. The number of alkyl halides is 6. The molecule has 1 rings (SSSR count). The summed E-state index contributed by atoms with van der Waals surface area (Å²) in [5, 5.41) is 0. The number of aliphatic imine (C=N–C) groups is 1. The molecule has 0 unspecified atom stereocenters. The van der Waals surface area contributed by atoms with Crippen LogP contribution in [0.5, 0.6) is 0 Å². The zero-order valence-corrected chi connectivity index (χ0v) is 17.3. The molecule has 136 valence electrons. The molecule has 1 heterocycles. The average molecular weight is 450 g/mol. The van der Waals surface area contributed by atoms with E-state index >= 15 is 0 Å². The van der Waals surface area contributed by atoms with Gasteiger partial charge in [0.1, 0.15) is 6.61 Å². The highest BCUT2D eigenvalue weighted by Gasteiger charge is 2.28. The highest BCUT2D eigenvalue weighted by molar-refractivity contribution is 6.68. The van der Waals surface area contributed by atoms with E-state index in [0.29, 0.717) is 25.9 Å². The Morgan fingerprint density at radius 2 is 1.61 bits per heavy atom. The van der Waals surface area contributed by atoms with E-state index in [0.717, 1.165) is 5.90 Å². The van der Waals surface area contributed by atoms with Crippen LogP contribution in [0.25, 0.3) is 0 Å². The first-order valence-corrected chi connectivity index (χ1v) is 9.21. The van der Waals surface area contributed by atoms with E-state index in [9.17, 15) is 0 Å². The Morgan fingerprint density at radius 3 is 2.00 bits per heavy atom. The molecule has 0 fully saturated rings. The van der Waals surface area contributed by atoms with Crippen LogP contribution >= 0.6 is 69.6 Å². The number of hydrogen-bond acceptors (Lipinski definition) is 4. The molecule has 0 atom stereocenters. The number of halogens is 6. The molecule has 0 aliphatic carbocycles. The summed E-state index contributed by atoms with van der Waals surface area (Å²) in [6.45, 7) is 4.34. The molecule has 0 spiro atoms. The second-order valence-corrected chi connectivity index (χ2v) is 10.8. The van der Waals surface area contributed by atoms with E-state index in [4.69, 9.17) is 83.8 Å². The summed E-state index contributed by atoms with van der Waals surface area (Å²) >= 11 is 34.0. The predicted molar refractivity (Wildman–Crippen MR) is 97.6 cm³/mol. The third-order valence-electron chi connectivity index (χ3n) is 2.72. The summed E-state index contributed by atoms with van der Waals surface area (Å²) in [6.07, 6.45) is 1.23. The van der Waals surface area contributed by atoms with Gasteiger partial charge < -0.3 is 14.2 Å². The fraction of sp³-hybridized carbons (Fsp3) is 0.923. The number of nitrogens with zero attached hydrogens (tertiary/aromatic N) is 1. The second-order valence-electron chi connectivity index (χ2n) is 5.78. The van der Waals surface area contributed by atoms with Crippen molar-refractivity contribution in [3.8, 4) is 0 Å². The number of ether oxygens (including phenoxy) is 3. The molecule has 23 heavy (non-hydrogen) atoms. The van der Waals surface area contributed by atoms with Crippen LogP contribution in [-0.4, -0.2) is 45.1 Å². The van der Waals surface area contributed by atoms with Gasteiger partial charge in [-0.1, -0.05) is 69.6 Å². The summed E-state index contributed by atoms with van der Waals surface area (Å²) in [5.41, 5.74) is -0.174. The second kappa shape index (κ2) is 9.18. The van der Waals surface area contributed by atoms with E-state index in [1.54, 1.807) is 0 Å². The van der Waals surface area contributed by atoms with Crippen molar-refractivity contribution < 1.29 is 14.2 Å². The van der Waals surface area contributed by atoms with E-state index in [-0.39, 0.29) is 18.8 Å². The first-order valence-electron chi connectivity index (χ1n) is 6.95. The fourth-order valence-electron chi connectivity index (χ4n) is 1.80. The van der Waals surface area contributed by atoms with Crippen molar-refractivity contribution in [1.29, 1.82) is 0 Å². The van der Waals surface area contributed by atoms with Gasteiger partial charge in [-0.3, -0.25) is 0 Å². The van der Waals surface area contributed by atoms with Crippen molar-refractivity contribution >= 4 is 75.5 Å². The lowest BCUT2D eigenvalue weighted by molar-refractivity contribution is -0.144. The monoisotopic (exact) mass is 447 g/mol. The zero-order chi connectivity index (χ0) is 17.7. The van der Waals surface area contributed by atoms with Gasteiger partial charge in [0.2, 0.25) is 7.59 Å². The summed E-state index contributed by atoms with van der Waals surface area (Å²) in [7, 11) is 0. The van der Waals surface area contributed by atoms with E-state index in [1.807, 2.05) is 13.8 Å². The largest absolute Gasteiger partial charge is 0.478 e. The molecule has 4 nitrogen and oxygen atoms in total. The quantitative estimate of drug-likeness (QED) is 0.364. The predicted octanol–water partition coefficient (Wildman–Crippen LogP) is 5.46. The maximum atomic E-state index is 5.67. The molecule has 0 saturated heterocycles. The van der Waals surface area contributed by atoms with Crippen molar-refractivity contribution in [2.45, 2.75) is 52.5 Å². The molecule has 0 amide bonds. The molecule has 0 saturated carbocycles. The lowest BCUT2D eigenvalue weighted by atomic mass is 10.1. The van der Waals surface area contributed by atoms with Gasteiger partial charge in [-0.15, -0.1) is 0 Å². The van der Waals surface area contributed by atoms with Crippen LogP contribution in [0, 0.1) is 0 Å². The summed E-state index contributed by atoms with van der Waals surface area (Å²) in [5.74, 6) is 0.719. The maximum absolute atomic E-state index is 5.67. The molecular weight excluding hydrogens is 431 g/mol. The average Bonchev–Trinajstić information content (AvgIpc) is 2.69. The molecule has 0 aromatic carbocycles. The Labute approximate surface area is 166 Å². The Morgan fingerprint density at radius 1 is 1.09 bits per heavy atom. The molecule has 0 aromatic rings. The minimum atomic E-state index is -1.54. The van der Waals surface area contributed by atoms with Crippen molar-refractivity contribution in [2.75, 3.05) is 19.8 Å². The molecule has 0 radical (unpaired) electrons. The van der Waals surface area contributed by atoms with Crippen LogP contribution in [0.2, 0.25) is 0 Å². The van der Waals surface area contributed by atoms with E-state index in [2.05, 4.69) is 4.99 Å². The van der Waals surface area contributed by atoms with Gasteiger partial charge in [-0.05, 0) is 26.7 Å². The fourth-order valence-corrected chi connectivity index (χ4v) is 2.18. The standard InChI is InChI=1S/C13H19Cl6NO3/c1-11(2)6-21-9(20-11)4-3-5-10(22-7-12(14,15)16)23-8-13(17,18)19/h10H,3-8H2,1-2H3. The van der Waals surface area contributed by atoms with Crippen molar-refractivity contribution in [3.63, 3.8) is 0 Å². The zero-order valence-electron chi connectivity index (χ0n) is 12.8. The van der Waals surface area contributed by atoms with Gasteiger partial charge >= 0.3 is 0 Å². The number of hydrogen-bond donors (Lipinski definition) is 0. The summed E-state index contributed by atoms with van der Waals surface area (Å²) < 4.78 is 13.3. The Kier molecular flexibility index (Phi) is 8.85. The summed E-state index contributed by atoms with van der Waals surface area (Å²) in [4.78, 5) is 4.47. The van der Waals surface area contributed by atoms with Gasteiger partial charge in [-0.2, -0.15) is 0 Å². The third kappa shape index (κ3) is 11.4. The molecule has 1 aliphatic rings. The van der Waals surface area contributed by atoms with Crippen LogP contribution in [0.15, 0.2) is 4.99 Å². The van der Waals surface area contributed by atoms with Gasteiger partial charge in [0.05, 0.1) is 18.8 Å². The Bertz CT molecular complexity index is 387. The van der Waals surface area contributed by atoms with E-state index in [1.165, 1.54) is 0 Å². The molecule has 0 N–H and O–H groups in total. The lowest BCUT2D eigenvalue weighted by Crippen LogP contribution is -2.27. The smallest absolute Gasteiger partial charge is 0.213 e. The molecule has 10 heteroatoms. The van der Waals surface area contributed by atoms with Gasteiger partial charge in [0.15, 0.2) is 12.2 Å². The highest BCUT2D eigenvalue weighted by atomic mass is 35.6. The van der Waals surface area contributed by atoms with Crippen LogP contribution in [0.1, 0.15) is 33.1 Å². The number of rotatable bonds is 8. The van der Waals surface area contributed by atoms with E-state index < -0.39 is 13.9 Å². The van der Waals surface area contributed by atoms with Crippen LogP contribution in [0.4, 0.5) is 0 Å². The van der Waals surface area contributed by atoms with Crippen molar-refractivity contribution in [2.24, 2.45) is 4.99 Å². The minimum Gasteiger partial charge on any atom is -0.478 e. The Balaban J connectivity index is 2.42. The SMILES string of the molecule is CC1(C)COC(CCCC(OCC(Cl)(Cl)Cl)OCC(Cl)(Cl)Cl)=N1. The molecule has 0 bridgehead atoms. The van der Waals surface area contributed by atoms with Crippen LogP contribution in [0.3, 0.4) is 0 Å². The first-order chi connectivity index (χ1) is 10.4. The third-order valence-corrected chi connectivity index (χ3v) is 3.37. The normalized spacial score (nSPS) is 18.2. The van der Waals surface area contributed by atoms with Gasteiger partial charge in [0.25, 0.3) is 0 Å². The molecular formula is C13H19Cl6NO3. The minimum absolute atomic E-state index is 0.132. The van der Waals surface area contributed by atoms with Crippen LogP contribution in [-0.2, 0) is 14.2 Å². The van der Waals surface area contributed by atoms with Crippen molar-refractivity contribution in [1.82, 2.24) is 0 Å². The van der Waals surface area contributed by atoms with Crippen molar-refractivity contribution in [3.05, 3.63) is 0 Å². The summed E-state index contributed by atoms with van der Waals surface area (Å²) in [6, 6.07) is 0. The lowest BCUT2D eigenvalue weighted by Gasteiger charge is -2.22. The highest BCUT2D eigenvalue weighted by Crippen LogP contribution is 2.29. The molecule has 0 aromatic heterocycles. The first kappa shape index (κ1) is 22.2. The van der Waals surface area contributed by atoms with Gasteiger partial charge in [0, 0.05) is 6.42 Å². The topological polar surface area (TPSA) is 40.0 Å². The maximum Gasteiger partial charge on any atom is 0.213 e. The van der Waals surface area contributed by atoms with Gasteiger partial charge in [-0.25, -0.2) is 4.99 Å².